The normalized spacial score (nSPS) is 32.3. The van der Waals surface area contributed by atoms with Gasteiger partial charge in [0, 0.05) is 12.0 Å². The monoisotopic (exact) mass is 313 g/mol. The molecule has 0 radical (unpaired) electrons. The number of nitrogens with one attached hydrogen (secondary N) is 1. The van der Waals surface area contributed by atoms with Gasteiger partial charge in [-0.2, -0.15) is 4.98 Å². The van der Waals surface area contributed by atoms with E-state index in [1.807, 2.05) is 0 Å². The van der Waals surface area contributed by atoms with Gasteiger partial charge in [0.25, 0.3) is 0 Å². The third-order valence-corrected chi connectivity index (χ3v) is 6.33. The van der Waals surface area contributed by atoms with Gasteiger partial charge in [0.2, 0.25) is 5.89 Å². The van der Waals surface area contributed by atoms with Crippen LogP contribution in [0.4, 0.5) is 0 Å². The SMILES string of the molecule is CC1CCCC(c2noc(CNC3CCS(=O)(=O)C3)n2)C1. The van der Waals surface area contributed by atoms with E-state index in [9.17, 15) is 8.42 Å². The molecule has 3 rings (SSSR count). The van der Waals surface area contributed by atoms with Gasteiger partial charge < -0.3 is 9.84 Å². The minimum absolute atomic E-state index is 0.0139. The summed E-state index contributed by atoms with van der Waals surface area (Å²) in [5.74, 6) is 3.02. The van der Waals surface area contributed by atoms with Crippen LogP contribution >= 0.6 is 0 Å². The van der Waals surface area contributed by atoms with Gasteiger partial charge in [-0.25, -0.2) is 8.42 Å². The van der Waals surface area contributed by atoms with Crippen molar-refractivity contribution in [3.63, 3.8) is 0 Å². The van der Waals surface area contributed by atoms with Crippen LogP contribution in [-0.4, -0.2) is 36.1 Å². The summed E-state index contributed by atoms with van der Waals surface area (Å²) in [4.78, 5) is 4.48. The summed E-state index contributed by atoms with van der Waals surface area (Å²) in [6, 6.07) is 0.0139. The van der Waals surface area contributed by atoms with Crippen LogP contribution in [0.2, 0.25) is 0 Å². The predicted octanol–water partition coefficient (Wildman–Crippen LogP) is 1.64. The summed E-state index contributed by atoms with van der Waals surface area (Å²) in [5, 5.41) is 7.31. The Balaban J connectivity index is 1.53. The van der Waals surface area contributed by atoms with Crippen molar-refractivity contribution >= 4 is 9.84 Å². The van der Waals surface area contributed by atoms with Crippen LogP contribution < -0.4 is 5.32 Å². The van der Waals surface area contributed by atoms with Crippen molar-refractivity contribution in [2.24, 2.45) is 5.92 Å². The molecule has 7 heteroatoms. The highest BCUT2D eigenvalue weighted by atomic mass is 32.2. The zero-order valence-corrected chi connectivity index (χ0v) is 13.2. The lowest BCUT2D eigenvalue weighted by Crippen LogP contribution is -2.29. The molecular weight excluding hydrogens is 290 g/mol. The zero-order valence-electron chi connectivity index (χ0n) is 12.4. The Hall–Kier alpha value is -0.950. The minimum Gasteiger partial charge on any atom is -0.338 e. The molecule has 3 unspecified atom stereocenters. The van der Waals surface area contributed by atoms with Gasteiger partial charge in [0.15, 0.2) is 15.7 Å². The maximum Gasteiger partial charge on any atom is 0.240 e. The fraction of sp³-hybridized carbons (Fsp3) is 0.857. The van der Waals surface area contributed by atoms with E-state index >= 15 is 0 Å². The number of rotatable bonds is 4. The molecule has 0 spiro atoms. The Morgan fingerprint density at radius 3 is 2.90 bits per heavy atom. The molecular formula is C14H23N3O3S. The molecule has 1 saturated carbocycles. The number of hydrogen-bond acceptors (Lipinski definition) is 6. The number of hydrogen-bond donors (Lipinski definition) is 1. The van der Waals surface area contributed by atoms with Crippen LogP contribution in [0.5, 0.6) is 0 Å². The summed E-state index contributed by atoms with van der Waals surface area (Å²) < 4.78 is 28.1. The van der Waals surface area contributed by atoms with Crippen LogP contribution in [0.3, 0.4) is 0 Å². The molecule has 1 saturated heterocycles. The number of sulfone groups is 1. The molecule has 0 bridgehead atoms. The maximum atomic E-state index is 11.4. The van der Waals surface area contributed by atoms with Gasteiger partial charge in [0.1, 0.15) is 0 Å². The molecule has 2 aliphatic rings. The molecule has 0 amide bonds. The second-order valence-corrected chi connectivity index (χ2v) is 8.72. The fourth-order valence-electron chi connectivity index (χ4n) is 3.36. The van der Waals surface area contributed by atoms with E-state index in [1.165, 1.54) is 12.8 Å². The number of aromatic nitrogens is 2. The first-order valence-electron chi connectivity index (χ1n) is 7.78. The van der Waals surface area contributed by atoms with E-state index < -0.39 is 9.84 Å². The molecule has 118 valence electrons. The van der Waals surface area contributed by atoms with Gasteiger partial charge in [-0.05, 0) is 25.2 Å². The van der Waals surface area contributed by atoms with Crippen molar-refractivity contribution in [3.8, 4) is 0 Å². The largest absolute Gasteiger partial charge is 0.338 e. The Kier molecular flexibility index (Phi) is 4.31. The van der Waals surface area contributed by atoms with Crippen LogP contribution in [0.1, 0.15) is 56.7 Å². The molecule has 1 N–H and O–H groups in total. The molecule has 1 aromatic heterocycles. The van der Waals surface area contributed by atoms with Crippen molar-refractivity contribution in [2.45, 2.75) is 57.5 Å². The molecule has 6 nitrogen and oxygen atoms in total. The van der Waals surface area contributed by atoms with Crippen LogP contribution in [0.15, 0.2) is 4.52 Å². The molecule has 1 aliphatic heterocycles. The van der Waals surface area contributed by atoms with Crippen LogP contribution in [0.25, 0.3) is 0 Å². The fourth-order valence-corrected chi connectivity index (χ4v) is 5.07. The first-order valence-corrected chi connectivity index (χ1v) is 9.60. The summed E-state index contributed by atoms with van der Waals surface area (Å²) in [6.07, 6.45) is 5.46. The molecule has 1 aliphatic carbocycles. The van der Waals surface area contributed by atoms with Crippen molar-refractivity contribution in [3.05, 3.63) is 11.7 Å². The van der Waals surface area contributed by atoms with E-state index in [2.05, 4.69) is 22.4 Å². The third-order valence-electron chi connectivity index (χ3n) is 4.56. The summed E-state index contributed by atoms with van der Waals surface area (Å²) in [7, 11) is -2.85. The Bertz CT molecular complexity index is 584. The average Bonchev–Trinajstić information content (AvgIpc) is 3.03. The van der Waals surface area contributed by atoms with Crippen molar-refractivity contribution in [2.75, 3.05) is 11.5 Å². The molecule has 1 aromatic rings. The highest BCUT2D eigenvalue weighted by molar-refractivity contribution is 7.91. The van der Waals surface area contributed by atoms with E-state index in [-0.39, 0.29) is 17.5 Å². The highest BCUT2D eigenvalue weighted by Crippen LogP contribution is 2.34. The van der Waals surface area contributed by atoms with E-state index in [1.54, 1.807) is 0 Å². The van der Waals surface area contributed by atoms with Crippen molar-refractivity contribution in [1.29, 1.82) is 0 Å². The van der Waals surface area contributed by atoms with E-state index in [0.717, 1.165) is 24.6 Å². The second-order valence-electron chi connectivity index (χ2n) is 6.50. The third kappa shape index (κ3) is 3.83. The smallest absolute Gasteiger partial charge is 0.240 e. The van der Waals surface area contributed by atoms with E-state index in [0.29, 0.717) is 24.8 Å². The molecule has 3 atom stereocenters. The number of nitrogens with zero attached hydrogens (tertiary/aromatic N) is 2. The molecule has 0 aromatic carbocycles. The lowest BCUT2D eigenvalue weighted by Gasteiger charge is -2.23. The maximum absolute atomic E-state index is 11.4. The zero-order chi connectivity index (χ0) is 14.9. The lowest BCUT2D eigenvalue weighted by atomic mass is 9.82. The van der Waals surface area contributed by atoms with E-state index in [4.69, 9.17) is 4.52 Å². The standard InChI is InChI=1S/C14H23N3O3S/c1-10-3-2-4-11(7-10)14-16-13(20-17-14)8-15-12-5-6-21(18,19)9-12/h10-12,15H,2-9H2,1H3. The van der Waals surface area contributed by atoms with Gasteiger partial charge in [-0.3, -0.25) is 0 Å². The van der Waals surface area contributed by atoms with Gasteiger partial charge >= 0.3 is 0 Å². The Labute approximate surface area is 125 Å². The van der Waals surface area contributed by atoms with Gasteiger partial charge in [0.05, 0.1) is 18.1 Å². The Morgan fingerprint density at radius 1 is 1.33 bits per heavy atom. The second kappa shape index (κ2) is 6.04. The lowest BCUT2D eigenvalue weighted by molar-refractivity contribution is 0.317. The summed E-state index contributed by atoms with van der Waals surface area (Å²) in [5.41, 5.74) is 0. The molecule has 2 fully saturated rings. The quantitative estimate of drug-likeness (QED) is 0.909. The first-order chi connectivity index (χ1) is 10.0. The van der Waals surface area contributed by atoms with Crippen molar-refractivity contribution in [1.82, 2.24) is 15.5 Å². The summed E-state index contributed by atoms with van der Waals surface area (Å²) >= 11 is 0. The minimum atomic E-state index is -2.85. The molecule has 21 heavy (non-hydrogen) atoms. The topological polar surface area (TPSA) is 85.1 Å². The first kappa shape index (κ1) is 15.0. The van der Waals surface area contributed by atoms with Gasteiger partial charge in [-0.1, -0.05) is 24.9 Å². The molecule has 2 heterocycles. The summed E-state index contributed by atoms with van der Waals surface area (Å²) in [6.45, 7) is 2.73. The van der Waals surface area contributed by atoms with Crippen LogP contribution in [-0.2, 0) is 16.4 Å². The highest BCUT2D eigenvalue weighted by Gasteiger charge is 2.28. The average molecular weight is 313 g/mol. The predicted molar refractivity (Wildman–Crippen MR) is 78.6 cm³/mol. The van der Waals surface area contributed by atoms with Crippen LogP contribution in [0, 0.1) is 5.92 Å². The van der Waals surface area contributed by atoms with Gasteiger partial charge in [-0.15, -0.1) is 0 Å². The van der Waals surface area contributed by atoms with Crippen molar-refractivity contribution < 1.29 is 12.9 Å². The Morgan fingerprint density at radius 2 is 2.19 bits per heavy atom.